The predicted molar refractivity (Wildman–Crippen MR) is 109 cm³/mol. The van der Waals surface area contributed by atoms with Crippen molar-refractivity contribution < 1.29 is 9.53 Å². The van der Waals surface area contributed by atoms with E-state index in [2.05, 4.69) is 21.4 Å². The molecule has 2 heterocycles. The monoisotopic (exact) mass is 369 g/mol. The molecule has 0 atom stereocenters. The van der Waals surface area contributed by atoms with E-state index in [4.69, 9.17) is 4.74 Å². The van der Waals surface area contributed by atoms with Crippen molar-refractivity contribution in [2.75, 3.05) is 5.32 Å². The Morgan fingerprint density at radius 2 is 1.82 bits per heavy atom. The van der Waals surface area contributed by atoms with E-state index >= 15 is 0 Å². The number of anilines is 2. The summed E-state index contributed by atoms with van der Waals surface area (Å²) in [5.41, 5.74) is 5.46. The molecule has 0 bridgehead atoms. The lowest BCUT2D eigenvalue weighted by atomic mass is 10.1. The number of hydrogen-bond donors (Lipinski definition) is 2. The number of carbonyl (C=O) groups is 1. The summed E-state index contributed by atoms with van der Waals surface area (Å²) in [6.45, 7) is 0. The molecule has 0 saturated carbocycles. The molecule has 1 aliphatic rings. The van der Waals surface area contributed by atoms with Crippen molar-refractivity contribution in [3.8, 4) is 5.75 Å². The van der Waals surface area contributed by atoms with Gasteiger partial charge in [0.1, 0.15) is 11.4 Å². The molecule has 1 aliphatic carbocycles. The first-order chi connectivity index (χ1) is 13.8. The molecule has 5 nitrogen and oxygen atoms in total. The Hall–Kier alpha value is -3.60. The quantitative estimate of drug-likeness (QED) is 0.392. The Morgan fingerprint density at radius 3 is 2.71 bits per heavy atom. The van der Waals surface area contributed by atoms with Gasteiger partial charge in [0.15, 0.2) is 0 Å². The minimum Gasteiger partial charge on any atom is -0.422 e. The fraction of sp³-hybridized carbons (Fsp3) is 0.130. The van der Waals surface area contributed by atoms with Crippen molar-refractivity contribution in [1.29, 1.82) is 0 Å². The molecule has 0 amide bonds. The fourth-order valence-corrected chi connectivity index (χ4v) is 3.77. The molecule has 0 unspecified atom stereocenters. The van der Waals surface area contributed by atoms with Gasteiger partial charge in [-0.1, -0.05) is 24.3 Å². The highest BCUT2D eigenvalue weighted by atomic mass is 16.5. The first kappa shape index (κ1) is 16.6. The molecule has 2 N–H and O–H groups in total. The molecule has 0 saturated heterocycles. The Bertz CT molecular complexity index is 1170. The number of nitrogens with zero attached hydrogens (tertiary/aromatic N) is 1. The highest BCUT2D eigenvalue weighted by Gasteiger charge is 2.21. The molecule has 4 aromatic rings. The average molecular weight is 369 g/mol. The second-order valence-electron chi connectivity index (χ2n) is 6.96. The van der Waals surface area contributed by atoms with Crippen LogP contribution in [0.4, 0.5) is 11.4 Å². The number of rotatable bonds is 4. The molecule has 0 aliphatic heterocycles. The van der Waals surface area contributed by atoms with E-state index in [0.29, 0.717) is 17.1 Å². The number of fused-ring (bicyclic) bond motifs is 2. The maximum absolute atomic E-state index is 13.0. The number of aryl methyl sites for hydroxylation is 2. The van der Waals surface area contributed by atoms with E-state index in [-0.39, 0.29) is 0 Å². The van der Waals surface area contributed by atoms with Crippen molar-refractivity contribution in [3.05, 3.63) is 83.8 Å². The van der Waals surface area contributed by atoms with Crippen molar-refractivity contribution in [3.63, 3.8) is 0 Å². The van der Waals surface area contributed by atoms with Gasteiger partial charge in [0.05, 0.1) is 5.69 Å². The Balaban J connectivity index is 1.50. The largest absolute Gasteiger partial charge is 0.422 e. The van der Waals surface area contributed by atoms with Crippen LogP contribution in [0.25, 0.3) is 10.9 Å². The van der Waals surface area contributed by atoms with E-state index in [1.54, 1.807) is 12.4 Å². The van der Waals surface area contributed by atoms with Gasteiger partial charge in [0.2, 0.25) is 0 Å². The zero-order valence-corrected chi connectivity index (χ0v) is 15.2. The average Bonchev–Trinajstić information content (AvgIpc) is 3.33. The molecule has 28 heavy (non-hydrogen) atoms. The third kappa shape index (κ3) is 3.01. The number of carbonyl (C=O) groups excluding carboxylic acids is 1. The molecule has 5 heteroatoms. The zero-order valence-electron chi connectivity index (χ0n) is 15.2. The van der Waals surface area contributed by atoms with Crippen LogP contribution in [0.2, 0.25) is 0 Å². The summed E-state index contributed by atoms with van der Waals surface area (Å²) in [5.74, 6) is 0.171. The number of esters is 1. The van der Waals surface area contributed by atoms with Crippen molar-refractivity contribution in [2.24, 2.45) is 0 Å². The molecule has 5 rings (SSSR count). The number of ether oxygens (including phenoxy) is 1. The Labute approximate surface area is 162 Å². The first-order valence-electron chi connectivity index (χ1n) is 9.40. The van der Waals surface area contributed by atoms with Crippen LogP contribution < -0.4 is 10.1 Å². The summed E-state index contributed by atoms with van der Waals surface area (Å²) >= 11 is 0. The van der Waals surface area contributed by atoms with Gasteiger partial charge in [0, 0.05) is 29.0 Å². The number of nitrogens with one attached hydrogen (secondary N) is 2. The summed E-state index contributed by atoms with van der Waals surface area (Å²) in [6, 6.07) is 17.4. The molecule has 138 valence electrons. The van der Waals surface area contributed by atoms with Gasteiger partial charge < -0.3 is 15.0 Å². The van der Waals surface area contributed by atoms with Gasteiger partial charge in [-0.15, -0.1) is 0 Å². The van der Waals surface area contributed by atoms with Crippen LogP contribution in [0.15, 0.2) is 67.0 Å². The molecule has 0 radical (unpaired) electrons. The normalized spacial score (nSPS) is 12.7. The number of aromatic nitrogens is 2. The first-order valence-corrected chi connectivity index (χ1v) is 9.40. The lowest BCUT2D eigenvalue weighted by Gasteiger charge is -2.09. The van der Waals surface area contributed by atoms with Gasteiger partial charge in [-0.05, 0) is 60.7 Å². The van der Waals surface area contributed by atoms with Crippen LogP contribution in [-0.4, -0.2) is 15.9 Å². The molecule has 0 fully saturated rings. The smallest absolute Gasteiger partial charge is 0.362 e. The van der Waals surface area contributed by atoms with Gasteiger partial charge in [-0.25, -0.2) is 4.79 Å². The van der Waals surface area contributed by atoms with Crippen molar-refractivity contribution >= 4 is 28.2 Å². The summed E-state index contributed by atoms with van der Waals surface area (Å²) in [7, 11) is 0. The number of aromatic amines is 1. The van der Waals surface area contributed by atoms with Crippen molar-refractivity contribution in [1.82, 2.24) is 9.97 Å². The van der Waals surface area contributed by atoms with Crippen LogP contribution in [0, 0.1) is 0 Å². The topological polar surface area (TPSA) is 67.0 Å². The maximum Gasteiger partial charge on any atom is 0.362 e. The number of pyridine rings is 1. The van der Waals surface area contributed by atoms with Crippen LogP contribution in [-0.2, 0) is 12.8 Å². The lowest BCUT2D eigenvalue weighted by molar-refractivity contribution is 0.0730. The van der Waals surface area contributed by atoms with Crippen LogP contribution in [0.5, 0.6) is 5.75 Å². The Morgan fingerprint density at radius 1 is 1.00 bits per heavy atom. The minimum absolute atomic E-state index is 0.401. The number of para-hydroxylation sites is 1. The molecule has 2 aromatic carbocycles. The summed E-state index contributed by atoms with van der Waals surface area (Å²) < 4.78 is 5.71. The van der Waals surface area contributed by atoms with E-state index in [0.717, 1.165) is 35.9 Å². The summed E-state index contributed by atoms with van der Waals surface area (Å²) in [6.07, 6.45) is 6.72. The number of hydrogen-bond acceptors (Lipinski definition) is 4. The number of H-pyrrole nitrogens is 1. The van der Waals surface area contributed by atoms with Crippen molar-refractivity contribution in [2.45, 2.75) is 19.3 Å². The van der Waals surface area contributed by atoms with E-state index in [9.17, 15) is 4.79 Å². The second kappa shape index (κ2) is 6.85. The summed E-state index contributed by atoms with van der Waals surface area (Å²) in [5, 5.41) is 4.26. The minimum atomic E-state index is -0.411. The highest BCUT2D eigenvalue weighted by Crippen LogP contribution is 2.32. The highest BCUT2D eigenvalue weighted by molar-refractivity contribution is 6.07. The van der Waals surface area contributed by atoms with Gasteiger partial charge in [0.25, 0.3) is 0 Å². The second-order valence-corrected chi connectivity index (χ2v) is 6.96. The Kier molecular flexibility index (Phi) is 4.05. The van der Waals surface area contributed by atoms with Crippen LogP contribution >= 0.6 is 0 Å². The third-order valence-corrected chi connectivity index (χ3v) is 5.14. The predicted octanol–water partition coefficient (Wildman–Crippen LogP) is 5.01. The van der Waals surface area contributed by atoms with Gasteiger partial charge in [-0.2, -0.15) is 0 Å². The fourth-order valence-electron chi connectivity index (χ4n) is 3.77. The summed E-state index contributed by atoms with van der Waals surface area (Å²) in [4.78, 5) is 20.2. The van der Waals surface area contributed by atoms with Gasteiger partial charge in [-0.3, -0.25) is 4.98 Å². The van der Waals surface area contributed by atoms with E-state index in [1.807, 2.05) is 48.5 Å². The van der Waals surface area contributed by atoms with Crippen LogP contribution in [0.1, 0.15) is 28.0 Å². The number of benzene rings is 2. The van der Waals surface area contributed by atoms with Crippen LogP contribution in [0.3, 0.4) is 0 Å². The maximum atomic E-state index is 13.0. The molecular formula is C23H19N3O2. The zero-order chi connectivity index (χ0) is 18.9. The van der Waals surface area contributed by atoms with E-state index < -0.39 is 5.97 Å². The molecule has 0 spiro atoms. The molecule has 2 aromatic heterocycles. The van der Waals surface area contributed by atoms with Gasteiger partial charge >= 0.3 is 5.97 Å². The van der Waals surface area contributed by atoms with E-state index in [1.165, 1.54) is 11.1 Å². The lowest BCUT2D eigenvalue weighted by Crippen LogP contribution is -2.11. The molecular weight excluding hydrogens is 350 g/mol. The third-order valence-electron chi connectivity index (χ3n) is 5.14. The SMILES string of the molecule is O=C(Oc1ccc2c(c1)CCC2)c1[nH]c2ccccc2c1Nc1ccncc1. The standard InChI is InChI=1S/C23H19N3O2/c27-23(28-18-9-8-15-4-3-5-16(15)14-18)22-21(25-17-10-12-24-13-11-17)19-6-1-2-7-20(19)26-22/h1-2,6-14,26H,3-5H2,(H,24,25).